The number of likely N-dealkylation sites (tertiary alicyclic amines) is 1. The van der Waals surface area contributed by atoms with Crippen LogP contribution in [0.2, 0.25) is 0 Å². The van der Waals surface area contributed by atoms with Gasteiger partial charge in [-0.1, -0.05) is 34.1 Å². The van der Waals surface area contributed by atoms with Gasteiger partial charge in [0.05, 0.1) is 11.6 Å². The lowest BCUT2D eigenvalue weighted by Gasteiger charge is -2.38. The predicted octanol–water partition coefficient (Wildman–Crippen LogP) is 5.12. The van der Waals surface area contributed by atoms with Crippen LogP contribution in [0.1, 0.15) is 88.8 Å². The molecule has 1 aliphatic heterocycles. The molecular weight excluding hydrogens is 661 g/mol. The van der Waals surface area contributed by atoms with Gasteiger partial charge in [-0.05, 0) is 51.6 Å². The number of carbonyl (C=O) groups excluding carboxylic acids is 4. The molecule has 266 valence electrons. The zero-order chi connectivity index (χ0) is 36.2. The second-order valence-corrected chi connectivity index (χ2v) is 13.6. The SMILES string of the molecule is CCC(C)[C@H](NC(=O)[C@@]1(C)CCCN1C)C(=O)N(C)[C@H](C[C@@H](NC(C)=O)c1nc(C(=O)Oc2c(F)c(F)c(F)c(F)c2F)cs1)C(C)C. The van der Waals surface area contributed by atoms with E-state index in [0.717, 1.165) is 29.7 Å². The minimum absolute atomic E-state index is 0.112. The fourth-order valence-corrected chi connectivity index (χ4v) is 6.55. The fraction of sp³-hybridized carbons (Fsp3) is 0.594. The summed E-state index contributed by atoms with van der Waals surface area (Å²) in [6.45, 7) is 11.4. The summed E-state index contributed by atoms with van der Waals surface area (Å²) < 4.78 is 73.4. The number of hydrogen-bond donors (Lipinski definition) is 2. The third kappa shape index (κ3) is 8.13. The van der Waals surface area contributed by atoms with Crippen molar-refractivity contribution < 1.29 is 45.9 Å². The number of ether oxygens (including phenoxy) is 1. The fourth-order valence-electron chi connectivity index (χ4n) is 5.69. The number of hydrogen-bond acceptors (Lipinski definition) is 8. The van der Waals surface area contributed by atoms with E-state index in [4.69, 9.17) is 0 Å². The van der Waals surface area contributed by atoms with E-state index >= 15 is 0 Å². The second kappa shape index (κ2) is 15.7. The van der Waals surface area contributed by atoms with Gasteiger partial charge in [0.1, 0.15) is 11.0 Å². The molecule has 1 aliphatic rings. The number of nitrogens with one attached hydrogen (secondary N) is 2. The molecule has 2 aromatic rings. The Morgan fingerprint density at radius 2 is 1.62 bits per heavy atom. The molecule has 48 heavy (non-hydrogen) atoms. The van der Waals surface area contributed by atoms with Crippen molar-refractivity contribution in [2.24, 2.45) is 11.8 Å². The molecule has 1 aromatic carbocycles. The smallest absolute Gasteiger partial charge is 0.363 e. The molecule has 2 heterocycles. The number of rotatable bonds is 13. The van der Waals surface area contributed by atoms with Crippen molar-refractivity contribution in [3.8, 4) is 5.75 Å². The van der Waals surface area contributed by atoms with Gasteiger partial charge in [-0.3, -0.25) is 19.3 Å². The lowest BCUT2D eigenvalue weighted by Crippen LogP contribution is -2.60. The van der Waals surface area contributed by atoms with Crippen molar-refractivity contribution in [1.82, 2.24) is 25.4 Å². The second-order valence-electron chi connectivity index (χ2n) is 12.7. The first kappa shape index (κ1) is 38.8. The highest BCUT2D eigenvalue weighted by atomic mass is 32.1. The topological polar surface area (TPSA) is 121 Å². The Hall–Kier alpha value is -3.66. The van der Waals surface area contributed by atoms with Gasteiger partial charge < -0.3 is 20.3 Å². The number of amides is 3. The summed E-state index contributed by atoms with van der Waals surface area (Å²) in [4.78, 5) is 60.1. The predicted molar refractivity (Wildman–Crippen MR) is 168 cm³/mol. The highest BCUT2D eigenvalue weighted by Crippen LogP contribution is 2.32. The summed E-state index contributed by atoms with van der Waals surface area (Å²) in [5.41, 5.74) is -1.26. The van der Waals surface area contributed by atoms with Crippen LogP contribution >= 0.6 is 11.3 Å². The summed E-state index contributed by atoms with van der Waals surface area (Å²) in [6, 6.07) is -2.22. The van der Waals surface area contributed by atoms with Gasteiger partial charge in [0.2, 0.25) is 52.6 Å². The Labute approximate surface area is 280 Å². The van der Waals surface area contributed by atoms with Gasteiger partial charge >= 0.3 is 5.97 Å². The minimum Gasteiger partial charge on any atom is -0.415 e. The average molecular weight is 704 g/mol. The molecule has 3 rings (SSSR count). The Kier molecular flexibility index (Phi) is 12.7. The number of benzene rings is 1. The maximum atomic E-state index is 14.1. The molecule has 5 atom stereocenters. The zero-order valence-corrected chi connectivity index (χ0v) is 29.0. The lowest BCUT2D eigenvalue weighted by molar-refractivity contribution is -0.142. The van der Waals surface area contributed by atoms with Crippen LogP contribution in [0.4, 0.5) is 22.0 Å². The van der Waals surface area contributed by atoms with Crippen LogP contribution < -0.4 is 15.4 Å². The number of halogens is 5. The van der Waals surface area contributed by atoms with Gasteiger partial charge in [-0.2, -0.15) is 8.78 Å². The van der Waals surface area contributed by atoms with E-state index in [1.54, 1.807) is 7.05 Å². The Balaban J connectivity index is 1.87. The van der Waals surface area contributed by atoms with Crippen molar-refractivity contribution in [2.45, 2.75) is 90.9 Å². The van der Waals surface area contributed by atoms with Crippen molar-refractivity contribution in [3.05, 3.63) is 45.2 Å². The van der Waals surface area contributed by atoms with Crippen LogP contribution in [-0.4, -0.2) is 76.7 Å². The van der Waals surface area contributed by atoms with Crippen LogP contribution in [0.3, 0.4) is 0 Å². The maximum absolute atomic E-state index is 14.1. The first-order chi connectivity index (χ1) is 22.3. The summed E-state index contributed by atoms with van der Waals surface area (Å²) in [6.07, 6.45) is 2.24. The number of aromatic nitrogens is 1. The zero-order valence-electron chi connectivity index (χ0n) is 28.2. The monoisotopic (exact) mass is 703 g/mol. The third-order valence-electron chi connectivity index (χ3n) is 9.12. The molecule has 0 aliphatic carbocycles. The number of likely N-dealkylation sites (N-methyl/N-ethyl adjacent to an activating group) is 2. The molecule has 0 radical (unpaired) electrons. The van der Waals surface area contributed by atoms with Crippen LogP contribution in [0.5, 0.6) is 5.75 Å². The van der Waals surface area contributed by atoms with E-state index in [2.05, 4.69) is 20.4 Å². The number of nitrogens with zero attached hydrogens (tertiary/aromatic N) is 3. The number of esters is 1. The highest BCUT2D eigenvalue weighted by molar-refractivity contribution is 7.09. The van der Waals surface area contributed by atoms with Gasteiger partial charge in [0.25, 0.3) is 0 Å². The molecular formula is C32H42F5N5O5S. The standard InChI is InChI=1S/C32H42F5N5O5S/c1-9-16(4)26(40-31(46)32(6)11-10-12-41(32)7)29(44)42(8)20(15(2)3)13-18(38-17(5)43)28-39-19(14-48-28)30(45)47-27-24(36)22(34)21(33)23(35)25(27)37/h14-16,18,20,26H,9-13H2,1-8H3,(H,38,43)(H,40,46)/t16?,18-,20-,26+,32-/m1/s1. The quantitative estimate of drug-likeness (QED) is 0.0977. The first-order valence-electron chi connectivity index (χ1n) is 15.6. The maximum Gasteiger partial charge on any atom is 0.363 e. The molecule has 16 heteroatoms. The number of carbonyl (C=O) groups is 4. The van der Waals surface area contributed by atoms with Gasteiger partial charge in [-0.15, -0.1) is 11.3 Å². The van der Waals surface area contributed by atoms with E-state index in [0.29, 0.717) is 12.8 Å². The van der Waals surface area contributed by atoms with E-state index < -0.39 is 76.1 Å². The summed E-state index contributed by atoms with van der Waals surface area (Å²) >= 11 is 0.879. The van der Waals surface area contributed by atoms with Crippen LogP contribution in [0.25, 0.3) is 0 Å². The minimum atomic E-state index is -2.41. The van der Waals surface area contributed by atoms with E-state index in [1.807, 2.05) is 46.6 Å². The largest absolute Gasteiger partial charge is 0.415 e. The molecule has 10 nitrogen and oxygen atoms in total. The Morgan fingerprint density at radius 1 is 1.04 bits per heavy atom. The van der Waals surface area contributed by atoms with E-state index in [9.17, 15) is 41.1 Å². The van der Waals surface area contributed by atoms with Crippen LogP contribution in [0.15, 0.2) is 5.38 Å². The summed E-state index contributed by atoms with van der Waals surface area (Å²) in [7, 11) is 3.48. The Bertz CT molecular complexity index is 1510. The molecule has 1 aromatic heterocycles. The third-order valence-corrected chi connectivity index (χ3v) is 10.1. The van der Waals surface area contributed by atoms with Gasteiger partial charge in [-0.25, -0.2) is 22.9 Å². The summed E-state index contributed by atoms with van der Waals surface area (Å²) in [5, 5.41) is 7.05. The van der Waals surface area contributed by atoms with Gasteiger partial charge in [0.15, 0.2) is 5.69 Å². The van der Waals surface area contributed by atoms with Crippen LogP contribution in [0, 0.1) is 40.9 Å². The molecule has 1 fully saturated rings. The van der Waals surface area contributed by atoms with E-state index in [-0.39, 0.29) is 35.1 Å². The average Bonchev–Trinajstić information content (AvgIpc) is 3.67. The van der Waals surface area contributed by atoms with Crippen molar-refractivity contribution in [1.29, 1.82) is 0 Å². The van der Waals surface area contributed by atoms with E-state index in [1.165, 1.54) is 11.8 Å². The normalized spacial score (nSPS) is 19.0. The molecule has 3 amide bonds. The highest BCUT2D eigenvalue weighted by Gasteiger charge is 2.44. The van der Waals surface area contributed by atoms with Crippen molar-refractivity contribution in [2.75, 3.05) is 20.6 Å². The van der Waals surface area contributed by atoms with Crippen molar-refractivity contribution in [3.63, 3.8) is 0 Å². The van der Waals surface area contributed by atoms with Gasteiger partial charge in [0, 0.05) is 25.4 Å². The van der Waals surface area contributed by atoms with Crippen LogP contribution in [-0.2, 0) is 14.4 Å². The lowest BCUT2D eigenvalue weighted by atomic mass is 9.91. The number of thiazole rings is 1. The first-order valence-corrected chi connectivity index (χ1v) is 16.5. The summed E-state index contributed by atoms with van der Waals surface area (Å²) in [5.74, 6) is -16.3. The van der Waals surface area contributed by atoms with Crippen molar-refractivity contribution >= 4 is 35.0 Å². The molecule has 2 N–H and O–H groups in total. The molecule has 1 saturated heterocycles. The molecule has 1 unspecified atom stereocenters. The molecule has 0 saturated carbocycles. The Morgan fingerprint density at radius 3 is 2.12 bits per heavy atom. The molecule has 0 bridgehead atoms. The molecule has 0 spiro atoms.